The molecule has 0 saturated heterocycles. The molecule has 2 unspecified atom stereocenters. The smallest absolute Gasteiger partial charge is 0.128 e. The number of hydrogen-bond acceptors (Lipinski definition) is 3. The monoisotopic (exact) mass is 263 g/mol. The third kappa shape index (κ3) is 3.41. The van der Waals surface area contributed by atoms with Crippen molar-refractivity contribution in [3.05, 3.63) is 23.8 Å². The molecule has 2 atom stereocenters. The van der Waals surface area contributed by atoms with E-state index in [1.807, 2.05) is 12.1 Å². The van der Waals surface area contributed by atoms with Gasteiger partial charge >= 0.3 is 0 Å². The topological polar surface area (TPSA) is 30.5 Å². The van der Waals surface area contributed by atoms with Gasteiger partial charge in [-0.2, -0.15) is 0 Å². The van der Waals surface area contributed by atoms with Crippen molar-refractivity contribution in [2.24, 2.45) is 5.92 Å². The first-order valence-electron chi connectivity index (χ1n) is 7.22. The SMILES string of the molecule is CCNC1CC(CC(C)C)Oc2cc(OC)ccc21. The van der Waals surface area contributed by atoms with Crippen LogP contribution in [0.4, 0.5) is 0 Å². The highest BCUT2D eigenvalue weighted by Crippen LogP contribution is 2.38. The molecule has 0 radical (unpaired) electrons. The van der Waals surface area contributed by atoms with E-state index in [9.17, 15) is 0 Å². The van der Waals surface area contributed by atoms with Crippen molar-refractivity contribution in [2.45, 2.75) is 45.8 Å². The van der Waals surface area contributed by atoms with Crippen LogP contribution < -0.4 is 14.8 Å². The van der Waals surface area contributed by atoms with Crippen molar-refractivity contribution in [1.82, 2.24) is 5.32 Å². The molecule has 1 heterocycles. The van der Waals surface area contributed by atoms with Crippen LogP contribution in [-0.4, -0.2) is 19.8 Å². The molecule has 0 saturated carbocycles. The number of methoxy groups -OCH3 is 1. The molecule has 0 fully saturated rings. The molecule has 0 amide bonds. The van der Waals surface area contributed by atoms with E-state index in [0.29, 0.717) is 18.1 Å². The van der Waals surface area contributed by atoms with Crippen LogP contribution in [0, 0.1) is 5.92 Å². The number of rotatable bonds is 5. The van der Waals surface area contributed by atoms with Gasteiger partial charge in [-0.15, -0.1) is 0 Å². The van der Waals surface area contributed by atoms with Gasteiger partial charge in [0.25, 0.3) is 0 Å². The summed E-state index contributed by atoms with van der Waals surface area (Å²) in [6.45, 7) is 7.61. The normalized spacial score (nSPS) is 21.9. The van der Waals surface area contributed by atoms with Gasteiger partial charge < -0.3 is 14.8 Å². The molecule has 1 N–H and O–H groups in total. The second-order valence-corrected chi connectivity index (χ2v) is 5.62. The van der Waals surface area contributed by atoms with Crippen molar-refractivity contribution in [3.63, 3.8) is 0 Å². The van der Waals surface area contributed by atoms with Crippen molar-refractivity contribution in [3.8, 4) is 11.5 Å². The molecule has 3 heteroatoms. The van der Waals surface area contributed by atoms with Gasteiger partial charge in [-0.25, -0.2) is 0 Å². The minimum absolute atomic E-state index is 0.295. The zero-order valence-electron chi connectivity index (χ0n) is 12.4. The quantitative estimate of drug-likeness (QED) is 0.881. The fourth-order valence-corrected chi connectivity index (χ4v) is 2.76. The predicted octanol–water partition coefficient (Wildman–Crippen LogP) is 3.54. The molecule has 3 nitrogen and oxygen atoms in total. The van der Waals surface area contributed by atoms with Gasteiger partial charge in [-0.3, -0.25) is 0 Å². The first-order chi connectivity index (χ1) is 9.13. The summed E-state index contributed by atoms with van der Waals surface area (Å²) in [6.07, 6.45) is 2.44. The minimum Gasteiger partial charge on any atom is -0.497 e. The van der Waals surface area contributed by atoms with E-state index in [4.69, 9.17) is 9.47 Å². The Morgan fingerprint density at radius 2 is 2.21 bits per heavy atom. The second kappa shape index (κ2) is 6.29. The average Bonchev–Trinajstić information content (AvgIpc) is 2.37. The van der Waals surface area contributed by atoms with Crippen molar-refractivity contribution < 1.29 is 9.47 Å². The highest BCUT2D eigenvalue weighted by Gasteiger charge is 2.28. The third-order valence-electron chi connectivity index (χ3n) is 3.57. The number of hydrogen-bond donors (Lipinski definition) is 1. The lowest BCUT2D eigenvalue weighted by molar-refractivity contribution is 0.128. The summed E-state index contributed by atoms with van der Waals surface area (Å²) >= 11 is 0. The van der Waals surface area contributed by atoms with Crippen LogP contribution in [0.3, 0.4) is 0 Å². The summed E-state index contributed by atoms with van der Waals surface area (Å²) < 4.78 is 11.4. The van der Waals surface area contributed by atoms with Crippen LogP contribution in [0.1, 0.15) is 45.2 Å². The lowest BCUT2D eigenvalue weighted by Gasteiger charge is -2.33. The van der Waals surface area contributed by atoms with Crippen LogP contribution in [0.25, 0.3) is 0 Å². The highest BCUT2D eigenvalue weighted by atomic mass is 16.5. The Morgan fingerprint density at radius 1 is 1.42 bits per heavy atom. The lowest BCUT2D eigenvalue weighted by Crippen LogP contribution is -2.33. The van der Waals surface area contributed by atoms with Crippen molar-refractivity contribution >= 4 is 0 Å². The van der Waals surface area contributed by atoms with Gasteiger partial charge in [0.1, 0.15) is 17.6 Å². The zero-order chi connectivity index (χ0) is 13.8. The molecule has 0 bridgehead atoms. The Labute approximate surface area is 116 Å². The average molecular weight is 263 g/mol. The molecular weight excluding hydrogens is 238 g/mol. The number of ether oxygens (including phenoxy) is 2. The van der Waals surface area contributed by atoms with Crippen LogP contribution in [0.2, 0.25) is 0 Å². The van der Waals surface area contributed by atoms with Crippen molar-refractivity contribution in [2.75, 3.05) is 13.7 Å². The molecule has 106 valence electrons. The molecule has 1 aliphatic rings. The molecule has 1 aromatic rings. The Hall–Kier alpha value is -1.22. The van der Waals surface area contributed by atoms with E-state index in [2.05, 4.69) is 32.2 Å². The Bertz CT molecular complexity index is 417. The first kappa shape index (κ1) is 14.2. The van der Waals surface area contributed by atoms with E-state index in [0.717, 1.165) is 30.9 Å². The summed E-state index contributed by atoms with van der Waals surface area (Å²) in [5.41, 5.74) is 1.25. The first-order valence-corrected chi connectivity index (χ1v) is 7.22. The number of benzene rings is 1. The van der Waals surface area contributed by atoms with E-state index < -0.39 is 0 Å². The van der Waals surface area contributed by atoms with E-state index >= 15 is 0 Å². The molecule has 0 spiro atoms. The largest absolute Gasteiger partial charge is 0.497 e. The molecular formula is C16H25NO2. The molecule has 0 aliphatic carbocycles. The summed E-state index contributed by atoms with van der Waals surface area (Å²) in [6, 6.07) is 6.53. The fraction of sp³-hybridized carbons (Fsp3) is 0.625. The van der Waals surface area contributed by atoms with Crippen molar-refractivity contribution in [1.29, 1.82) is 0 Å². The summed E-state index contributed by atoms with van der Waals surface area (Å²) in [5.74, 6) is 2.49. The Kier molecular flexibility index (Phi) is 4.70. The molecule has 1 aromatic carbocycles. The van der Waals surface area contributed by atoms with Crippen LogP contribution >= 0.6 is 0 Å². The number of nitrogens with one attached hydrogen (secondary N) is 1. The Morgan fingerprint density at radius 3 is 2.84 bits per heavy atom. The third-order valence-corrected chi connectivity index (χ3v) is 3.57. The van der Waals surface area contributed by atoms with Gasteiger partial charge in [-0.1, -0.05) is 26.8 Å². The van der Waals surface area contributed by atoms with E-state index in [1.165, 1.54) is 5.56 Å². The standard InChI is InChI=1S/C16H25NO2/c1-5-17-15-9-13(8-11(2)3)19-16-10-12(18-4)6-7-14(15)16/h6-7,10-11,13,15,17H,5,8-9H2,1-4H3. The fourth-order valence-electron chi connectivity index (χ4n) is 2.76. The summed E-state index contributed by atoms with van der Waals surface area (Å²) in [7, 11) is 1.69. The highest BCUT2D eigenvalue weighted by molar-refractivity contribution is 5.44. The van der Waals surface area contributed by atoms with Crippen LogP contribution in [0.5, 0.6) is 11.5 Å². The van der Waals surface area contributed by atoms with E-state index in [1.54, 1.807) is 7.11 Å². The summed E-state index contributed by atoms with van der Waals surface area (Å²) in [4.78, 5) is 0. The molecule has 2 rings (SSSR count). The molecule has 1 aliphatic heterocycles. The van der Waals surface area contributed by atoms with Crippen LogP contribution in [0.15, 0.2) is 18.2 Å². The molecule has 19 heavy (non-hydrogen) atoms. The van der Waals surface area contributed by atoms with Gasteiger partial charge in [-0.05, 0) is 24.9 Å². The zero-order valence-corrected chi connectivity index (χ0v) is 12.4. The van der Waals surface area contributed by atoms with Gasteiger partial charge in [0.2, 0.25) is 0 Å². The van der Waals surface area contributed by atoms with Gasteiger partial charge in [0, 0.05) is 24.1 Å². The Balaban J connectivity index is 2.24. The van der Waals surface area contributed by atoms with Gasteiger partial charge in [0.05, 0.1) is 7.11 Å². The van der Waals surface area contributed by atoms with Crippen LogP contribution in [-0.2, 0) is 0 Å². The predicted molar refractivity (Wildman–Crippen MR) is 77.9 cm³/mol. The molecule has 0 aromatic heterocycles. The lowest BCUT2D eigenvalue weighted by atomic mass is 9.92. The maximum Gasteiger partial charge on any atom is 0.128 e. The van der Waals surface area contributed by atoms with E-state index in [-0.39, 0.29) is 0 Å². The minimum atomic E-state index is 0.295. The number of fused-ring (bicyclic) bond motifs is 1. The maximum absolute atomic E-state index is 6.14. The van der Waals surface area contributed by atoms with Gasteiger partial charge in [0.15, 0.2) is 0 Å². The second-order valence-electron chi connectivity index (χ2n) is 5.62. The summed E-state index contributed by atoms with van der Waals surface area (Å²) in [5, 5.41) is 3.56. The maximum atomic E-state index is 6.14.